The summed E-state index contributed by atoms with van der Waals surface area (Å²) >= 11 is 0. The van der Waals surface area contributed by atoms with Crippen molar-refractivity contribution in [1.29, 1.82) is 0 Å². The Labute approximate surface area is 292 Å². The Morgan fingerprint density at radius 3 is 2.46 bits per heavy atom. The Kier molecular flexibility index (Phi) is 8.00. The lowest BCUT2D eigenvalue weighted by Gasteiger charge is -2.42. The molecular weight excluding hydrogens is 688 g/mol. The minimum absolute atomic E-state index is 0.00359. The Balaban J connectivity index is 1.01. The molecule has 4 aromatic rings. The largest absolute Gasteiger partial charge is 0.416 e. The SMILES string of the molecule is CC(C)(C(=O)Nc1ccc(C(F)(F)F)cc1-n1cccn1)n1cc(C#CC2(F)CN(c3ccc4c(c3)C(=O)N(C3CCC(=O)NC3=O)C4=O)C2)cn1. The molecule has 0 spiro atoms. The van der Waals surface area contributed by atoms with Gasteiger partial charge in [-0.2, -0.15) is 23.4 Å². The van der Waals surface area contributed by atoms with Crippen LogP contribution in [0, 0.1) is 11.8 Å². The first-order chi connectivity index (χ1) is 24.5. The number of hydrogen-bond acceptors (Lipinski definition) is 8. The number of imide groups is 2. The first-order valence-electron chi connectivity index (χ1n) is 15.9. The molecule has 17 heteroatoms. The van der Waals surface area contributed by atoms with Gasteiger partial charge in [0.05, 0.1) is 52.9 Å². The summed E-state index contributed by atoms with van der Waals surface area (Å²) in [7, 11) is 0. The van der Waals surface area contributed by atoms with Crippen molar-refractivity contribution in [1.82, 2.24) is 29.8 Å². The number of anilines is 2. The third kappa shape index (κ3) is 6.05. The zero-order valence-electron chi connectivity index (χ0n) is 27.5. The predicted molar refractivity (Wildman–Crippen MR) is 175 cm³/mol. The van der Waals surface area contributed by atoms with E-state index in [1.807, 2.05) is 0 Å². The standard InChI is InChI=1S/C35H28F4N8O5/c1-33(2,32(52)42-25-7-4-21(35(37,38)39)14-27(25)45-13-3-12-40-45)46-17-20(16-41-46)10-11-34(36)18-44(19-34)22-5-6-23-24(15-22)31(51)47(30(23)50)26-8-9-28(48)43-29(26)49/h3-7,12-17,26H,8-9,18-19H2,1-2H3,(H,42,52)(H,43,48,49). The number of aromatic nitrogens is 4. The number of amides is 5. The molecule has 2 aromatic carbocycles. The van der Waals surface area contributed by atoms with Crippen molar-refractivity contribution in [3.8, 4) is 17.5 Å². The molecule has 2 saturated heterocycles. The van der Waals surface area contributed by atoms with Gasteiger partial charge in [0.1, 0.15) is 11.6 Å². The van der Waals surface area contributed by atoms with Crippen LogP contribution in [0.15, 0.2) is 67.3 Å². The van der Waals surface area contributed by atoms with Crippen molar-refractivity contribution in [2.24, 2.45) is 0 Å². The molecule has 13 nitrogen and oxygen atoms in total. The molecule has 2 fully saturated rings. The summed E-state index contributed by atoms with van der Waals surface area (Å²) in [5.74, 6) is 2.23. The predicted octanol–water partition coefficient (Wildman–Crippen LogP) is 3.44. The average Bonchev–Trinajstić information content (AvgIpc) is 3.84. The van der Waals surface area contributed by atoms with Crippen LogP contribution in [0.2, 0.25) is 0 Å². The summed E-state index contributed by atoms with van der Waals surface area (Å²) in [6.45, 7) is 2.80. The fourth-order valence-corrected chi connectivity index (χ4v) is 6.15. The highest BCUT2D eigenvalue weighted by molar-refractivity contribution is 6.23. The summed E-state index contributed by atoms with van der Waals surface area (Å²) in [5, 5.41) is 13.0. The Hall–Kier alpha value is -6.31. The number of rotatable bonds is 6. The maximum atomic E-state index is 15.6. The van der Waals surface area contributed by atoms with Crippen molar-refractivity contribution < 1.29 is 41.5 Å². The second-order valence-corrected chi connectivity index (χ2v) is 13.1. The van der Waals surface area contributed by atoms with Crippen molar-refractivity contribution >= 4 is 40.9 Å². The Morgan fingerprint density at radius 1 is 1.02 bits per heavy atom. The van der Waals surface area contributed by atoms with Gasteiger partial charge in [0.15, 0.2) is 0 Å². The van der Waals surface area contributed by atoms with E-state index in [1.54, 1.807) is 24.8 Å². The van der Waals surface area contributed by atoms with E-state index >= 15 is 4.39 Å². The van der Waals surface area contributed by atoms with Gasteiger partial charge in [0, 0.05) is 30.7 Å². The lowest BCUT2D eigenvalue weighted by atomic mass is 9.95. The number of carbonyl (C=O) groups is 5. The van der Waals surface area contributed by atoms with Crippen LogP contribution in [0.3, 0.4) is 0 Å². The molecule has 2 N–H and O–H groups in total. The molecule has 1 atom stereocenters. The molecule has 2 aromatic heterocycles. The number of halogens is 4. The number of piperidine rings is 1. The molecule has 0 aliphatic carbocycles. The molecule has 7 rings (SSSR count). The van der Waals surface area contributed by atoms with E-state index in [4.69, 9.17) is 0 Å². The minimum Gasteiger partial charge on any atom is -0.363 e. The summed E-state index contributed by atoms with van der Waals surface area (Å²) in [6, 6.07) is 7.80. The molecule has 3 aliphatic heterocycles. The number of hydrogen-bond donors (Lipinski definition) is 2. The van der Waals surface area contributed by atoms with Crippen LogP contribution in [-0.4, -0.2) is 78.8 Å². The van der Waals surface area contributed by atoms with Gasteiger partial charge in [-0.1, -0.05) is 11.8 Å². The van der Waals surface area contributed by atoms with Gasteiger partial charge < -0.3 is 10.2 Å². The van der Waals surface area contributed by atoms with Gasteiger partial charge in [-0.15, -0.1) is 0 Å². The highest BCUT2D eigenvalue weighted by Gasteiger charge is 2.46. The van der Waals surface area contributed by atoms with Gasteiger partial charge in [-0.3, -0.25) is 38.9 Å². The van der Waals surface area contributed by atoms with Gasteiger partial charge in [-0.25, -0.2) is 9.07 Å². The van der Waals surface area contributed by atoms with E-state index < -0.39 is 58.5 Å². The van der Waals surface area contributed by atoms with Crippen LogP contribution in [-0.2, 0) is 26.1 Å². The summed E-state index contributed by atoms with van der Waals surface area (Å²) in [4.78, 5) is 65.9. The third-order valence-electron chi connectivity index (χ3n) is 9.14. The summed E-state index contributed by atoms with van der Waals surface area (Å²) < 4.78 is 58.4. The zero-order chi connectivity index (χ0) is 37.2. The number of benzene rings is 2. The number of nitrogens with zero attached hydrogens (tertiary/aromatic N) is 6. The van der Waals surface area contributed by atoms with Crippen LogP contribution in [0.4, 0.5) is 28.9 Å². The molecular formula is C35H28F4N8O5. The number of alkyl halides is 4. The minimum atomic E-state index is -4.61. The highest BCUT2D eigenvalue weighted by atomic mass is 19.4. The van der Waals surface area contributed by atoms with E-state index in [2.05, 4.69) is 32.7 Å². The Bertz CT molecular complexity index is 2230. The van der Waals surface area contributed by atoms with Gasteiger partial charge in [0.25, 0.3) is 17.7 Å². The first kappa shape index (κ1) is 34.2. The van der Waals surface area contributed by atoms with Crippen LogP contribution >= 0.6 is 0 Å². The quantitative estimate of drug-likeness (QED) is 0.175. The molecule has 5 amide bonds. The molecule has 0 saturated carbocycles. The van der Waals surface area contributed by atoms with Crippen LogP contribution < -0.4 is 15.5 Å². The number of nitrogens with one attached hydrogen (secondary N) is 2. The van der Waals surface area contributed by atoms with Crippen molar-refractivity contribution in [2.45, 2.75) is 50.1 Å². The van der Waals surface area contributed by atoms with Gasteiger partial charge in [-0.05, 0) is 62.7 Å². The monoisotopic (exact) mass is 716 g/mol. The fraction of sp³-hybridized carbons (Fsp3) is 0.286. The van der Waals surface area contributed by atoms with E-state index in [-0.39, 0.29) is 48.4 Å². The number of fused-ring (bicyclic) bond motifs is 1. The second kappa shape index (κ2) is 12.2. The van der Waals surface area contributed by atoms with Crippen LogP contribution in [0.5, 0.6) is 0 Å². The Morgan fingerprint density at radius 2 is 1.77 bits per heavy atom. The van der Waals surface area contributed by atoms with Gasteiger partial charge in [0.2, 0.25) is 17.5 Å². The van der Waals surface area contributed by atoms with E-state index in [0.29, 0.717) is 11.3 Å². The van der Waals surface area contributed by atoms with Crippen molar-refractivity contribution in [2.75, 3.05) is 23.3 Å². The third-order valence-corrected chi connectivity index (χ3v) is 9.14. The molecule has 0 bridgehead atoms. The van der Waals surface area contributed by atoms with E-state index in [0.717, 1.165) is 23.1 Å². The van der Waals surface area contributed by atoms with E-state index in [9.17, 15) is 37.1 Å². The molecule has 1 unspecified atom stereocenters. The zero-order valence-corrected chi connectivity index (χ0v) is 27.5. The fourth-order valence-electron chi connectivity index (χ4n) is 6.15. The highest BCUT2D eigenvalue weighted by Crippen LogP contribution is 2.36. The number of carbonyl (C=O) groups excluding carboxylic acids is 5. The first-order valence-corrected chi connectivity index (χ1v) is 15.9. The maximum absolute atomic E-state index is 15.6. The lowest BCUT2D eigenvalue weighted by Crippen LogP contribution is -2.58. The molecule has 266 valence electrons. The van der Waals surface area contributed by atoms with E-state index in [1.165, 1.54) is 52.4 Å². The average molecular weight is 717 g/mol. The van der Waals surface area contributed by atoms with Crippen molar-refractivity contribution in [3.05, 3.63) is 89.5 Å². The van der Waals surface area contributed by atoms with Gasteiger partial charge >= 0.3 is 6.18 Å². The molecule has 52 heavy (non-hydrogen) atoms. The van der Waals surface area contributed by atoms with Crippen LogP contribution in [0.1, 0.15) is 58.5 Å². The second-order valence-electron chi connectivity index (χ2n) is 13.1. The van der Waals surface area contributed by atoms with Crippen molar-refractivity contribution in [3.63, 3.8) is 0 Å². The summed E-state index contributed by atoms with van der Waals surface area (Å²) in [5.41, 5.74) is -3.15. The van der Waals surface area contributed by atoms with Crippen LogP contribution in [0.25, 0.3) is 5.69 Å². The summed E-state index contributed by atoms with van der Waals surface area (Å²) in [6.07, 6.45) is 1.05. The lowest BCUT2D eigenvalue weighted by molar-refractivity contribution is -0.138. The maximum Gasteiger partial charge on any atom is 0.416 e. The topological polar surface area (TPSA) is 152 Å². The molecule has 5 heterocycles. The normalized spacial score (nSPS) is 18.4. The smallest absolute Gasteiger partial charge is 0.363 e. The molecule has 3 aliphatic rings. The molecule has 0 radical (unpaired) electrons.